The van der Waals surface area contributed by atoms with E-state index in [9.17, 15) is 24.4 Å². The van der Waals surface area contributed by atoms with Crippen LogP contribution < -0.4 is 5.32 Å². The molecule has 0 aliphatic heterocycles. The van der Waals surface area contributed by atoms with Crippen molar-refractivity contribution in [2.24, 2.45) is 4.99 Å². The van der Waals surface area contributed by atoms with Crippen LogP contribution in [-0.4, -0.2) is 40.3 Å². The Kier molecular flexibility index (Phi) is 6.50. The number of fused-ring (bicyclic) bond motifs is 1. The fraction of sp³-hybridized carbons (Fsp3) is 0.115. The number of pyridine rings is 1. The summed E-state index contributed by atoms with van der Waals surface area (Å²) in [6.45, 7) is 1.49. The summed E-state index contributed by atoms with van der Waals surface area (Å²) in [4.78, 5) is 31.4. The molecule has 0 aliphatic carbocycles. The van der Waals surface area contributed by atoms with Gasteiger partial charge in [-0.15, -0.1) is 0 Å². The molecule has 0 saturated carbocycles. The molecule has 3 aromatic carbocycles. The van der Waals surface area contributed by atoms with Gasteiger partial charge in [-0.25, -0.2) is 9.37 Å². The van der Waals surface area contributed by atoms with E-state index in [1.807, 2.05) is 0 Å². The minimum absolute atomic E-state index is 0.000873. The third kappa shape index (κ3) is 4.70. The minimum Gasteiger partial charge on any atom is -0.480 e. The Balaban J connectivity index is 1.91. The van der Waals surface area contributed by atoms with Crippen LogP contribution in [0.25, 0.3) is 33.3 Å². The minimum atomic E-state index is -1.07. The second-order valence-corrected chi connectivity index (χ2v) is 7.85. The summed E-state index contributed by atoms with van der Waals surface area (Å²) in [5.41, 5.74) is 3.69. The van der Waals surface area contributed by atoms with E-state index in [0.29, 0.717) is 44.5 Å². The molecule has 8 nitrogen and oxygen atoms in total. The lowest BCUT2D eigenvalue weighted by Gasteiger charge is -2.19. The molecule has 2 N–H and O–H groups in total. The van der Waals surface area contributed by atoms with E-state index in [0.717, 1.165) is 0 Å². The van der Waals surface area contributed by atoms with Gasteiger partial charge >= 0.3 is 5.97 Å². The highest BCUT2D eigenvalue weighted by Crippen LogP contribution is 2.36. The predicted octanol–water partition coefficient (Wildman–Crippen LogP) is 5.55. The number of halogens is 1. The van der Waals surface area contributed by atoms with Gasteiger partial charge in [-0.2, -0.15) is 0 Å². The molecule has 0 fully saturated rings. The molecule has 1 unspecified atom stereocenters. The molecule has 35 heavy (non-hydrogen) atoms. The number of carboxylic acid groups (broad SMARTS) is 1. The van der Waals surface area contributed by atoms with Gasteiger partial charge in [0.05, 0.1) is 27.4 Å². The van der Waals surface area contributed by atoms with Crippen LogP contribution in [0.2, 0.25) is 0 Å². The Labute approximate surface area is 199 Å². The van der Waals surface area contributed by atoms with Crippen molar-refractivity contribution in [3.63, 3.8) is 0 Å². The Morgan fingerprint density at radius 3 is 2.49 bits per heavy atom. The average molecular weight is 472 g/mol. The molecule has 0 radical (unpaired) electrons. The van der Waals surface area contributed by atoms with E-state index in [2.05, 4.69) is 10.3 Å². The van der Waals surface area contributed by atoms with E-state index in [1.54, 1.807) is 55.7 Å². The number of benzene rings is 3. The van der Waals surface area contributed by atoms with Gasteiger partial charge in [0.2, 0.25) is 0 Å². The molecule has 176 valence electrons. The summed E-state index contributed by atoms with van der Waals surface area (Å²) < 4.78 is 14.1. The van der Waals surface area contributed by atoms with Crippen LogP contribution in [-0.2, 0) is 4.79 Å². The lowest BCUT2D eigenvalue weighted by Crippen LogP contribution is -2.26. The first kappa shape index (κ1) is 23.5. The third-order valence-corrected chi connectivity index (χ3v) is 5.54. The van der Waals surface area contributed by atoms with Crippen molar-refractivity contribution in [1.29, 1.82) is 0 Å². The molecular weight excluding hydrogens is 451 g/mol. The first-order valence-corrected chi connectivity index (χ1v) is 10.7. The zero-order valence-electron chi connectivity index (χ0n) is 18.9. The van der Waals surface area contributed by atoms with Gasteiger partial charge < -0.3 is 10.4 Å². The number of carbonyl (C=O) groups is 1. The summed E-state index contributed by atoms with van der Waals surface area (Å²) >= 11 is 0. The van der Waals surface area contributed by atoms with Crippen molar-refractivity contribution in [3.8, 4) is 22.4 Å². The number of hydrogen-bond donors (Lipinski definition) is 2. The van der Waals surface area contributed by atoms with Crippen LogP contribution in [0, 0.1) is 15.9 Å². The van der Waals surface area contributed by atoms with Crippen molar-refractivity contribution in [1.82, 2.24) is 4.98 Å². The van der Waals surface area contributed by atoms with Gasteiger partial charge in [-0.3, -0.25) is 19.9 Å². The maximum Gasteiger partial charge on any atom is 0.325 e. The lowest BCUT2D eigenvalue weighted by molar-refractivity contribution is -0.384. The SMILES string of the molecule is CN=Cc1c(-c2ccc(-c3ccccc3[N+](=O)[O-])cc2)nc2ccc(F)cc2c1NC(C)C(=O)O. The number of nitrogens with zero attached hydrogens (tertiary/aromatic N) is 3. The van der Waals surface area contributed by atoms with Gasteiger partial charge in [0.15, 0.2) is 0 Å². The van der Waals surface area contributed by atoms with Gasteiger partial charge in [0, 0.05) is 35.8 Å². The monoisotopic (exact) mass is 472 g/mol. The number of nitrogens with one attached hydrogen (secondary N) is 1. The van der Waals surface area contributed by atoms with Gasteiger partial charge in [0.1, 0.15) is 11.9 Å². The van der Waals surface area contributed by atoms with E-state index in [4.69, 9.17) is 4.98 Å². The maximum atomic E-state index is 14.1. The highest BCUT2D eigenvalue weighted by molar-refractivity contribution is 6.07. The Morgan fingerprint density at radius 2 is 1.83 bits per heavy atom. The number of nitro benzene ring substituents is 1. The Morgan fingerprint density at radius 1 is 1.14 bits per heavy atom. The Bertz CT molecular complexity index is 1470. The summed E-state index contributed by atoms with van der Waals surface area (Å²) in [5.74, 6) is -1.55. The van der Waals surface area contributed by atoms with Crippen molar-refractivity contribution in [2.45, 2.75) is 13.0 Å². The topological polar surface area (TPSA) is 118 Å². The van der Waals surface area contributed by atoms with Gasteiger partial charge in [0.25, 0.3) is 5.69 Å². The zero-order chi connectivity index (χ0) is 25.1. The highest BCUT2D eigenvalue weighted by Gasteiger charge is 2.20. The van der Waals surface area contributed by atoms with E-state index < -0.39 is 22.8 Å². The molecule has 0 spiro atoms. The fourth-order valence-corrected chi connectivity index (χ4v) is 3.84. The van der Waals surface area contributed by atoms with Gasteiger partial charge in [-0.1, -0.05) is 36.4 Å². The molecule has 0 saturated heterocycles. The number of hydrogen-bond acceptors (Lipinski definition) is 6. The quantitative estimate of drug-likeness (QED) is 0.207. The molecule has 0 aliphatic rings. The molecule has 1 aromatic heterocycles. The summed E-state index contributed by atoms with van der Waals surface area (Å²) in [7, 11) is 1.57. The molecular formula is C26H21FN4O4. The molecule has 4 rings (SSSR count). The average Bonchev–Trinajstić information content (AvgIpc) is 2.85. The van der Waals surface area contributed by atoms with E-state index >= 15 is 0 Å². The number of rotatable bonds is 7. The predicted molar refractivity (Wildman–Crippen MR) is 133 cm³/mol. The summed E-state index contributed by atoms with van der Waals surface area (Å²) in [5, 5.41) is 24.3. The number of carboxylic acids is 1. The van der Waals surface area contributed by atoms with Crippen molar-refractivity contribution < 1.29 is 19.2 Å². The normalized spacial score (nSPS) is 12.1. The maximum absolute atomic E-state index is 14.1. The first-order valence-electron chi connectivity index (χ1n) is 10.7. The number of anilines is 1. The summed E-state index contributed by atoms with van der Waals surface area (Å²) in [6.07, 6.45) is 1.54. The fourth-order valence-electron chi connectivity index (χ4n) is 3.84. The third-order valence-electron chi connectivity index (χ3n) is 5.54. The van der Waals surface area contributed by atoms with Crippen molar-refractivity contribution >= 4 is 34.5 Å². The number of aliphatic carboxylic acids is 1. The molecule has 4 aromatic rings. The smallest absolute Gasteiger partial charge is 0.325 e. The molecule has 0 bridgehead atoms. The zero-order valence-corrected chi connectivity index (χ0v) is 18.9. The molecule has 9 heteroatoms. The van der Waals surface area contributed by atoms with E-state index in [1.165, 1.54) is 31.2 Å². The lowest BCUT2D eigenvalue weighted by atomic mass is 9.97. The largest absolute Gasteiger partial charge is 0.480 e. The van der Waals surface area contributed by atoms with Crippen LogP contribution in [0.4, 0.5) is 15.8 Å². The molecule has 1 atom stereocenters. The molecule has 1 heterocycles. The van der Waals surface area contributed by atoms with Crippen molar-refractivity contribution in [3.05, 3.63) is 88.2 Å². The van der Waals surface area contributed by atoms with Crippen LogP contribution in [0.1, 0.15) is 12.5 Å². The Hall–Kier alpha value is -4.66. The van der Waals surface area contributed by atoms with Crippen LogP contribution in [0.3, 0.4) is 0 Å². The van der Waals surface area contributed by atoms with Crippen LogP contribution in [0.5, 0.6) is 0 Å². The van der Waals surface area contributed by atoms with E-state index in [-0.39, 0.29) is 5.69 Å². The van der Waals surface area contributed by atoms with Crippen molar-refractivity contribution in [2.75, 3.05) is 12.4 Å². The number of nitro groups is 1. The number of aliphatic imine (C=N–C) groups is 1. The first-order chi connectivity index (χ1) is 16.8. The standard InChI is InChI=1S/C26H21FN4O4/c1-15(26(32)33)29-25-20-13-18(27)11-12-22(20)30-24(21(25)14-28-2)17-9-7-16(8-10-17)19-5-3-4-6-23(19)31(34)35/h3-15H,1-2H3,(H,29,30)(H,32,33). The van der Waals surface area contributed by atoms with Gasteiger partial charge in [-0.05, 0) is 36.8 Å². The van der Waals surface area contributed by atoms with Crippen LogP contribution >= 0.6 is 0 Å². The molecule has 0 amide bonds. The van der Waals surface area contributed by atoms with Crippen LogP contribution in [0.15, 0.2) is 71.7 Å². The summed E-state index contributed by atoms with van der Waals surface area (Å²) in [6, 6.07) is 16.7. The number of para-hydroxylation sites is 1. The highest BCUT2D eigenvalue weighted by atomic mass is 19.1. The second-order valence-electron chi connectivity index (χ2n) is 7.85. The number of aromatic nitrogens is 1. The second kappa shape index (κ2) is 9.68.